The Morgan fingerprint density at radius 1 is 1.08 bits per heavy atom. The van der Waals surface area contributed by atoms with Crippen molar-refractivity contribution in [3.63, 3.8) is 0 Å². The van der Waals surface area contributed by atoms with E-state index in [4.69, 9.17) is 11.6 Å². The predicted octanol–water partition coefficient (Wildman–Crippen LogP) is 1.61. The Labute approximate surface area is 154 Å². The number of carbonyl (C=O) groups is 2. The van der Waals surface area contributed by atoms with Gasteiger partial charge in [0, 0.05) is 5.02 Å². The van der Waals surface area contributed by atoms with Gasteiger partial charge < -0.3 is 0 Å². The molecule has 0 aliphatic carbocycles. The van der Waals surface area contributed by atoms with Crippen molar-refractivity contribution in [2.75, 3.05) is 0 Å². The Hall–Kier alpha value is -2.49. The molecule has 2 rings (SSSR count). The first-order valence-electron chi connectivity index (χ1n) is 7.33. The van der Waals surface area contributed by atoms with Gasteiger partial charge in [-0.3, -0.25) is 20.4 Å². The Morgan fingerprint density at radius 3 is 2.42 bits per heavy atom. The zero-order valence-electron chi connectivity index (χ0n) is 13.5. The predicted molar refractivity (Wildman–Crippen MR) is 93.2 cm³/mol. The number of nitrogens with one attached hydrogen (secondary N) is 3. The van der Waals surface area contributed by atoms with Gasteiger partial charge in [-0.25, -0.2) is 12.8 Å². The van der Waals surface area contributed by atoms with E-state index in [1.54, 1.807) is 0 Å². The third-order valence-corrected chi connectivity index (χ3v) is 5.02. The molecule has 7 nitrogen and oxygen atoms in total. The highest BCUT2D eigenvalue weighted by atomic mass is 35.5. The number of hydrogen-bond acceptors (Lipinski definition) is 4. The topological polar surface area (TPSA) is 104 Å². The zero-order valence-corrected chi connectivity index (χ0v) is 15.1. The number of rotatable bonds is 5. The summed E-state index contributed by atoms with van der Waals surface area (Å²) in [5, 5.41) is 0.224. The van der Waals surface area contributed by atoms with Crippen molar-refractivity contribution < 1.29 is 22.4 Å². The SMILES string of the molecule is C[C@H](NS(=O)(=O)c1cccc(Cl)c1)C(=O)NNC(=O)c1ccccc1F. The summed E-state index contributed by atoms with van der Waals surface area (Å²) < 4.78 is 40.1. The number of sulfonamides is 1. The lowest BCUT2D eigenvalue weighted by Gasteiger charge is -2.15. The second-order valence-electron chi connectivity index (χ2n) is 5.22. The molecule has 0 heterocycles. The maximum atomic E-state index is 13.5. The Balaban J connectivity index is 1.97. The molecule has 0 spiro atoms. The van der Waals surface area contributed by atoms with Gasteiger partial charge in [-0.15, -0.1) is 0 Å². The molecule has 26 heavy (non-hydrogen) atoms. The van der Waals surface area contributed by atoms with Gasteiger partial charge in [0.05, 0.1) is 16.5 Å². The zero-order chi connectivity index (χ0) is 19.3. The van der Waals surface area contributed by atoms with Crippen LogP contribution >= 0.6 is 11.6 Å². The van der Waals surface area contributed by atoms with Crippen LogP contribution in [0.2, 0.25) is 5.02 Å². The molecule has 0 aliphatic rings. The van der Waals surface area contributed by atoms with Crippen molar-refractivity contribution in [2.24, 2.45) is 0 Å². The van der Waals surface area contributed by atoms with E-state index in [9.17, 15) is 22.4 Å². The van der Waals surface area contributed by atoms with E-state index in [1.165, 1.54) is 49.4 Å². The molecular weight excluding hydrogens is 385 g/mol. The largest absolute Gasteiger partial charge is 0.272 e. The summed E-state index contributed by atoms with van der Waals surface area (Å²) in [6.07, 6.45) is 0. The standard InChI is InChI=1S/C16H15ClFN3O4S/c1-10(21-26(24,25)12-6-4-5-11(17)9-12)15(22)19-20-16(23)13-7-2-3-8-14(13)18/h2-10,21H,1H3,(H,19,22)(H,20,23)/t10-/m0/s1. The molecule has 0 bridgehead atoms. The highest BCUT2D eigenvalue weighted by molar-refractivity contribution is 7.89. The van der Waals surface area contributed by atoms with Gasteiger partial charge in [0.25, 0.3) is 11.8 Å². The molecule has 138 valence electrons. The normalized spacial score (nSPS) is 12.3. The third-order valence-electron chi connectivity index (χ3n) is 3.25. The van der Waals surface area contributed by atoms with Crippen LogP contribution in [-0.2, 0) is 14.8 Å². The van der Waals surface area contributed by atoms with Crippen molar-refractivity contribution in [3.8, 4) is 0 Å². The van der Waals surface area contributed by atoms with E-state index in [0.29, 0.717) is 0 Å². The van der Waals surface area contributed by atoms with Gasteiger partial charge in [-0.05, 0) is 37.3 Å². The van der Waals surface area contributed by atoms with Gasteiger partial charge in [0.15, 0.2) is 0 Å². The van der Waals surface area contributed by atoms with E-state index in [1.807, 2.05) is 10.9 Å². The van der Waals surface area contributed by atoms with Crippen molar-refractivity contribution in [1.29, 1.82) is 0 Å². The van der Waals surface area contributed by atoms with E-state index in [0.717, 1.165) is 6.07 Å². The molecule has 2 aromatic carbocycles. The van der Waals surface area contributed by atoms with Crippen LogP contribution in [0.4, 0.5) is 4.39 Å². The average molecular weight is 400 g/mol. The third kappa shape index (κ3) is 5.01. The molecule has 2 amide bonds. The number of hydrogen-bond donors (Lipinski definition) is 3. The van der Waals surface area contributed by atoms with Crippen LogP contribution in [0.15, 0.2) is 53.4 Å². The lowest BCUT2D eigenvalue weighted by molar-refractivity contribution is -0.123. The summed E-state index contributed by atoms with van der Waals surface area (Å²) in [5.41, 5.74) is 3.79. The highest BCUT2D eigenvalue weighted by Gasteiger charge is 2.23. The maximum absolute atomic E-state index is 13.5. The summed E-state index contributed by atoms with van der Waals surface area (Å²) in [4.78, 5) is 23.7. The average Bonchev–Trinajstić information content (AvgIpc) is 2.59. The smallest absolute Gasteiger partial charge is 0.271 e. The minimum atomic E-state index is -3.99. The molecule has 1 atom stereocenters. The summed E-state index contributed by atoms with van der Waals surface area (Å²) in [7, 11) is -3.99. The fraction of sp³-hybridized carbons (Fsp3) is 0.125. The summed E-state index contributed by atoms with van der Waals surface area (Å²) >= 11 is 5.76. The van der Waals surface area contributed by atoms with Gasteiger partial charge in [-0.2, -0.15) is 4.72 Å². The highest BCUT2D eigenvalue weighted by Crippen LogP contribution is 2.15. The van der Waals surface area contributed by atoms with Gasteiger partial charge >= 0.3 is 0 Å². The van der Waals surface area contributed by atoms with Gasteiger partial charge in [0.1, 0.15) is 5.82 Å². The first kappa shape index (κ1) is 19.8. The van der Waals surface area contributed by atoms with Crippen LogP contribution in [0.3, 0.4) is 0 Å². The molecule has 0 fully saturated rings. The molecule has 0 unspecified atom stereocenters. The molecule has 0 radical (unpaired) electrons. The van der Waals surface area contributed by atoms with Gasteiger partial charge in [-0.1, -0.05) is 29.8 Å². The molecule has 0 aromatic heterocycles. The monoisotopic (exact) mass is 399 g/mol. The Kier molecular flexibility index (Phi) is 6.30. The van der Waals surface area contributed by atoms with Crippen molar-refractivity contribution in [1.82, 2.24) is 15.6 Å². The molecule has 0 saturated carbocycles. The molecule has 0 saturated heterocycles. The molecular formula is C16H15ClFN3O4S. The second-order valence-corrected chi connectivity index (χ2v) is 7.37. The quantitative estimate of drug-likeness (QED) is 0.664. The fourth-order valence-corrected chi connectivity index (χ4v) is 3.43. The van der Waals surface area contributed by atoms with Gasteiger partial charge in [0.2, 0.25) is 10.0 Å². The minimum absolute atomic E-state index is 0.111. The summed E-state index contributed by atoms with van der Waals surface area (Å²) in [6.45, 7) is 1.28. The van der Waals surface area contributed by atoms with Crippen LogP contribution in [0.5, 0.6) is 0 Å². The fourth-order valence-electron chi connectivity index (χ4n) is 1.93. The Bertz CT molecular complexity index is 937. The van der Waals surface area contributed by atoms with Crippen LogP contribution < -0.4 is 15.6 Å². The number of carbonyl (C=O) groups excluding carboxylic acids is 2. The lowest BCUT2D eigenvalue weighted by atomic mass is 10.2. The molecule has 2 aromatic rings. The summed E-state index contributed by atoms with van der Waals surface area (Å²) in [5.74, 6) is -2.46. The van der Waals surface area contributed by atoms with E-state index >= 15 is 0 Å². The number of benzene rings is 2. The molecule has 3 N–H and O–H groups in total. The number of hydrazine groups is 1. The van der Waals surface area contributed by atoms with E-state index < -0.39 is 33.7 Å². The number of amides is 2. The van der Waals surface area contributed by atoms with Crippen molar-refractivity contribution >= 4 is 33.4 Å². The second kappa shape index (κ2) is 8.26. The van der Waals surface area contributed by atoms with E-state index in [2.05, 4.69) is 4.72 Å². The van der Waals surface area contributed by atoms with E-state index in [-0.39, 0.29) is 15.5 Å². The first-order chi connectivity index (χ1) is 12.2. The minimum Gasteiger partial charge on any atom is -0.271 e. The van der Waals surface area contributed by atoms with Crippen molar-refractivity contribution in [3.05, 3.63) is 64.9 Å². The van der Waals surface area contributed by atoms with Crippen molar-refractivity contribution in [2.45, 2.75) is 17.9 Å². The maximum Gasteiger partial charge on any atom is 0.272 e. The molecule has 10 heteroatoms. The Morgan fingerprint density at radius 2 is 1.77 bits per heavy atom. The first-order valence-corrected chi connectivity index (χ1v) is 9.19. The van der Waals surface area contributed by atoms with Crippen LogP contribution in [0.1, 0.15) is 17.3 Å². The van der Waals surface area contributed by atoms with Crippen LogP contribution in [-0.4, -0.2) is 26.3 Å². The molecule has 0 aliphatic heterocycles. The van der Waals surface area contributed by atoms with Crippen LogP contribution in [0, 0.1) is 5.82 Å². The van der Waals surface area contributed by atoms with Crippen LogP contribution in [0.25, 0.3) is 0 Å². The number of halogens is 2. The summed E-state index contributed by atoms with van der Waals surface area (Å²) in [6, 6.07) is 9.51. The lowest BCUT2D eigenvalue weighted by Crippen LogP contribution is -2.51.